The molecule has 2 aromatic heterocycles. The maximum Gasteiger partial charge on any atom is 0.269 e. The number of rotatable bonds is 3. The number of carbonyl (C=O) groups is 1. The van der Waals surface area contributed by atoms with Crippen molar-refractivity contribution in [3.05, 3.63) is 23.0 Å². The number of imidazole rings is 1. The minimum absolute atomic E-state index is 0.0610. The lowest BCUT2D eigenvalue weighted by Crippen LogP contribution is -2.32. The molecule has 3 rings (SSSR count). The van der Waals surface area contributed by atoms with Gasteiger partial charge in [-0.25, -0.2) is 4.98 Å². The van der Waals surface area contributed by atoms with Crippen LogP contribution in [0.25, 0.3) is 4.96 Å². The van der Waals surface area contributed by atoms with Gasteiger partial charge in [0, 0.05) is 24.7 Å². The van der Waals surface area contributed by atoms with Crippen molar-refractivity contribution < 1.29 is 9.53 Å². The smallest absolute Gasteiger partial charge is 0.269 e. The van der Waals surface area contributed by atoms with Crippen molar-refractivity contribution in [2.24, 2.45) is 0 Å². The lowest BCUT2D eigenvalue weighted by Gasteiger charge is -2.10. The van der Waals surface area contributed by atoms with E-state index >= 15 is 0 Å². The monoisotopic (exact) mass is 265 g/mol. The summed E-state index contributed by atoms with van der Waals surface area (Å²) < 4.78 is 7.32. The standard InChI is InChI=1S/C12H15N3O2S/c1-8-6-15-10(7-18-12(15)14-8)11(16)13-5-9-3-2-4-17-9/h6-7,9H,2-5H2,1H3,(H,13,16)/t9-/m0/s1. The number of nitrogens with one attached hydrogen (secondary N) is 1. The first kappa shape index (κ1) is 11.7. The second-order valence-electron chi connectivity index (χ2n) is 4.50. The lowest BCUT2D eigenvalue weighted by atomic mass is 10.2. The number of nitrogens with zero attached hydrogens (tertiary/aromatic N) is 2. The number of aromatic nitrogens is 2. The third-order valence-electron chi connectivity index (χ3n) is 3.08. The average Bonchev–Trinajstić information content (AvgIpc) is 3.01. The first-order valence-electron chi connectivity index (χ1n) is 6.07. The maximum atomic E-state index is 12.1. The Morgan fingerprint density at radius 1 is 1.72 bits per heavy atom. The Morgan fingerprint density at radius 2 is 2.61 bits per heavy atom. The van der Waals surface area contributed by atoms with Crippen LogP contribution in [-0.2, 0) is 4.74 Å². The summed E-state index contributed by atoms with van der Waals surface area (Å²) in [5.41, 5.74) is 1.57. The number of hydrogen-bond donors (Lipinski definition) is 1. The van der Waals surface area contributed by atoms with Gasteiger partial charge in [-0.1, -0.05) is 0 Å². The van der Waals surface area contributed by atoms with Gasteiger partial charge in [-0.3, -0.25) is 9.20 Å². The number of fused-ring (bicyclic) bond motifs is 1. The molecule has 0 aliphatic carbocycles. The predicted octanol–water partition coefficient (Wildman–Crippen LogP) is 1.61. The van der Waals surface area contributed by atoms with Crippen LogP contribution in [0.4, 0.5) is 0 Å². The molecule has 0 unspecified atom stereocenters. The Kier molecular flexibility index (Phi) is 3.05. The van der Waals surface area contributed by atoms with Gasteiger partial charge in [0.2, 0.25) is 0 Å². The summed E-state index contributed by atoms with van der Waals surface area (Å²) in [6.45, 7) is 3.32. The summed E-state index contributed by atoms with van der Waals surface area (Å²) in [5.74, 6) is -0.0610. The third-order valence-corrected chi connectivity index (χ3v) is 3.92. The van der Waals surface area contributed by atoms with E-state index in [4.69, 9.17) is 4.74 Å². The molecular formula is C12H15N3O2S. The number of aryl methyl sites for hydroxylation is 1. The third kappa shape index (κ3) is 2.13. The average molecular weight is 265 g/mol. The van der Waals surface area contributed by atoms with Crippen molar-refractivity contribution in [2.45, 2.75) is 25.9 Å². The molecule has 1 saturated heterocycles. The van der Waals surface area contributed by atoms with Crippen molar-refractivity contribution in [1.82, 2.24) is 14.7 Å². The van der Waals surface area contributed by atoms with Gasteiger partial charge in [-0.15, -0.1) is 11.3 Å². The molecule has 18 heavy (non-hydrogen) atoms. The van der Waals surface area contributed by atoms with Crippen molar-refractivity contribution >= 4 is 22.2 Å². The van der Waals surface area contributed by atoms with E-state index in [2.05, 4.69) is 10.3 Å². The van der Waals surface area contributed by atoms with Crippen molar-refractivity contribution in [1.29, 1.82) is 0 Å². The van der Waals surface area contributed by atoms with E-state index in [0.717, 1.165) is 30.1 Å². The Balaban J connectivity index is 1.71. The number of thiazole rings is 1. The van der Waals surface area contributed by atoms with Crippen LogP contribution in [0.1, 0.15) is 29.0 Å². The van der Waals surface area contributed by atoms with Crippen LogP contribution in [-0.4, -0.2) is 34.5 Å². The maximum absolute atomic E-state index is 12.1. The number of ether oxygens (including phenoxy) is 1. The van der Waals surface area contributed by atoms with E-state index in [9.17, 15) is 4.79 Å². The Hall–Kier alpha value is -1.40. The van der Waals surface area contributed by atoms with E-state index in [1.165, 1.54) is 11.3 Å². The molecule has 5 nitrogen and oxygen atoms in total. The van der Waals surface area contributed by atoms with Gasteiger partial charge in [0.05, 0.1) is 11.8 Å². The molecule has 3 heterocycles. The molecular weight excluding hydrogens is 250 g/mol. The summed E-state index contributed by atoms with van der Waals surface area (Å²) in [7, 11) is 0. The van der Waals surface area contributed by atoms with Crippen LogP contribution in [0.2, 0.25) is 0 Å². The highest BCUT2D eigenvalue weighted by atomic mass is 32.1. The van der Waals surface area contributed by atoms with Crippen LogP contribution in [0.3, 0.4) is 0 Å². The second kappa shape index (κ2) is 4.70. The predicted molar refractivity (Wildman–Crippen MR) is 69.1 cm³/mol. The number of hydrogen-bond acceptors (Lipinski definition) is 4. The van der Waals surface area contributed by atoms with Gasteiger partial charge in [0.1, 0.15) is 5.69 Å². The Labute approximate surface area is 109 Å². The van der Waals surface area contributed by atoms with Gasteiger partial charge in [-0.05, 0) is 19.8 Å². The lowest BCUT2D eigenvalue weighted by molar-refractivity contribution is 0.0853. The highest BCUT2D eigenvalue weighted by Crippen LogP contribution is 2.16. The Bertz CT molecular complexity index is 569. The molecule has 1 amide bonds. The van der Waals surface area contributed by atoms with Crippen molar-refractivity contribution in [3.63, 3.8) is 0 Å². The minimum Gasteiger partial charge on any atom is -0.376 e. The molecule has 1 fully saturated rings. The summed E-state index contributed by atoms with van der Waals surface area (Å²) in [6.07, 6.45) is 4.17. The zero-order valence-electron chi connectivity index (χ0n) is 10.2. The zero-order valence-corrected chi connectivity index (χ0v) is 11.0. The van der Waals surface area contributed by atoms with Crippen molar-refractivity contribution in [3.8, 4) is 0 Å². The first-order chi connectivity index (χ1) is 8.74. The normalized spacial score (nSPS) is 19.5. The molecule has 96 valence electrons. The van der Waals surface area contributed by atoms with Gasteiger partial charge in [0.25, 0.3) is 5.91 Å². The Morgan fingerprint density at radius 3 is 3.39 bits per heavy atom. The SMILES string of the molecule is Cc1cn2c(C(=O)NC[C@@H]3CCCO3)csc2n1. The molecule has 2 aromatic rings. The summed E-state index contributed by atoms with van der Waals surface area (Å²) in [5, 5.41) is 4.76. The van der Waals surface area contributed by atoms with E-state index in [-0.39, 0.29) is 12.0 Å². The van der Waals surface area contributed by atoms with Crippen LogP contribution in [0.15, 0.2) is 11.6 Å². The van der Waals surface area contributed by atoms with Crippen LogP contribution < -0.4 is 5.32 Å². The first-order valence-corrected chi connectivity index (χ1v) is 6.95. The van der Waals surface area contributed by atoms with Crippen LogP contribution in [0.5, 0.6) is 0 Å². The largest absolute Gasteiger partial charge is 0.376 e. The van der Waals surface area contributed by atoms with Crippen LogP contribution in [0, 0.1) is 6.92 Å². The number of carbonyl (C=O) groups excluding carboxylic acids is 1. The quantitative estimate of drug-likeness (QED) is 0.917. The molecule has 0 saturated carbocycles. The van der Waals surface area contributed by atoms with Gasteiger partial charge in [0.15, 0.2) is 4.96 Å². The summed E-state index contributed by atoms with van der Waals surface area (Å²) in [4.78, 5) is 17.3. The fourth-order valence-electron chi connectivity index (χ4n) is 2.16. The molecule has 1 aliphatic heterocycles. The fourth-order valence-corrected chi connectivity index (χ4v) is 3.06. The molecule has 1 aliphatic rings. The molecule has 6 heteroatoms. The zero-order chi connectivity index (χ0) is 12.5. The van der Waals surface area contributed by atoms with Crippen molar-refractivity contribution in [2.75, 3.05) is 13.2 Å². The van der Waals surface area contributed by atoms with Gasteiger partial charge < -0.3 is 10.1 Å². The second-order valence-corrected chi connectivity index (χ2v) is 5.34. The van der Waals surface area contributed by atoms with E-state index < -0.39 is 0 Å². The van der Waals surface area contributed by atoms with E-state index in [0.29, 0.717) is 12.2 Å². The van der Waals surface area contributed by atoms with E-state index in [1.54, 1.807) is 0 Å². The molecule has 0 bridgehead atoms. The van der Waals surface area contributed by atoms with Gasteiger partial charge in [-0.2, -0.15) is 0 Å². The topological polar surface area (TPSA) is 55.6 Å². The minimum atomic E-state index is -0.0610. The number of amides is 1. The summed E-state index contributed by atoms with van der Waals surface area (Å²) >= 11 is 1.48. The van der Waals surface area contributed by atoms with Crippen LogP contribution >= 0.6 is 11.3 Å². The summed E-state index contributed by atoms with van der Waals surface area (Å²) in [6, 6.07) is 0. The molecule has 0 radical (unpaired) electrons. The van der Waals surface area contributed by atoms with E-state index in [1.807, 2.05) is 22.9 Å². The highest BCUT2D eigenvalue weighted by Gasteiger charge is 2.18. The highest BCUT2D eigenvalue weighted by molar-refractivity contribution is 7.15. The molecule has 1 atom stereocenters. The fraction of sp³-hybridized carbons (Fsp3) is 0.500. The molecule has 1 N–H and O–H groups in total. The molecule has 0 aromatic carbocycles. The van der Waals surface area contributed by atoms with Gasteiger partial charge >= 0.3 is 0 Å². The molecule has 0 spiro atoms.